The summed E-state index contributed by atoms with van der Waals surface area (Å²) in [4.78, 5) is 0. The molecule has 0 aliphatic heterocycles. The molecule has 0 nitrogen and oxygen atoms in total. The Balaban J connectivity index is 2.12. The molecule has 0 spiro atoms. The third kappa shape index (κ3) is 1.51. The van der Waals surface area contributed by atoms with Crippen LogP contribution >= 0.6 is 11.6 Å². The van der Waals surface area contributed by atoms with E-state index in [0.29, 0.717) is 5.92 Å². The van der Waals surface area contributed by atoms with E-state index in [1.54, 1.807) is 0 Å². The van der Waals surface area contributed by atoms with Crippen LogP contribution in [-0.4, -0.2) is 5.38 Å². The first kappa shape index (κ1) is 7.42. The maximum absolute atomic E-state index is 6.15. The molecule has 0 aromatic heterocycles. The maximum Gasteiger partial charge on any atom is 0.0584 e. The standard InChI is InChI=1S/C10H13Cl/c1-7-2-5-10(11)9(6-7)8-3-4-8/h2,5-6,8-10H,3-4H2,1H3. The predicted molar refractivity (Wildman–Crippen MR) is 48.8 cm³/mol. The van der Waals surface area contributed by atoms with Gasteiger partial charge in [-0.2, -0.15) is 0 Å². The zero-order chi connectivity index (χ0) is 7.84. The van der Waals surface area contributed by atoms with Crippen LogP contribution < -0.4 is 0 Å². The molecular formula is C10H13Cl. The molecule has 2 unspecified atom stereocenters. The third-order valence-electron chi connectivity index (χ3n) is 2.53. The van der Waals surface area contributed by atoms with E-state index in [0.717, 1.165) is 5.92 Å². The maximum atomic E-state index is 6.15. The molecule has 60 valence electrons. The van der Waals surface area contributed by atoms with Crippen molar-refractivity contribution in [2.45, 2.75) is 25.1 Å². The normalized spacial score (nSPS) is 37.1. The molecule has 2 rings (SSSR count). The van der Waals surface area contributed by atoms with E-state index in [2.05, 4.69) is 25.2 Å². The van der Waals surface area contributed by atoms with Crippen LogP contribution in [0.4, 0.5) is 0 Å². The lowest BCUT2D eigenvalue weighted by Crippen LogP contribution is -2.15. The number of hydrogen-bond acceptors (Lipinski definition) is 0. The minimum Gasteiger partial charge on any atom is -0.118 e. The SMILES string of the molecule is CC1=CC(C2CC2)C(Cl)C=C1. The number of rotatable bonds is 1. The fourth-order valence-electron chi connectivity index (χ4n) is 1.70. The summed E-state index contributed by atoms with van der Waals surface area (Å²) in [6, 6.07) is 0. The van der Waals surface area contributed by atoms with Crippen LogP contribution in [0.5, 0.6) is 0 Å². The zero-order valence-corrected chi connectivity index (χ0v) is 7.51. The Morgan fingerprint density at radius 1 is 1.45 bits per heavy atom. The van der Waals surface area contributed by atoms with Crippen LogP contribution in [0.3, 0.4) is 0 Å². The van der Waals surface area contributed by atoms with E-state index < -0.39 is 0 Å². The highest BCUT2D eigenvalue weighted by atomic mass is 35.5. The highest BCUT2D eigenvalue weighted by Gasteiger charge is 2.34. The van der Waals surface area contributed by atoms with Crippen LogP contribution in [0, 0.1) is 11.8 Å². The van der Waals surface area contributed by atoms with Crippen molar-refractivity contribution in [2.24, 2.45) is 11.8 Å². The highest BCUT2D eigenvalue weighted by molar-refractivity contribution is 6.22. The summed E-state index contributed by atoms with van der Waals surface area (Å²) in [5.74, 6) is 1.51. The summed E-state index contributed by atoms with van der Waals surface area (Å²) in [6.45, 7) is 2.15. The molecular weight excluding hydrogens is 156 g/mol. The van der Waals surface area contributed by atoms with Gasteiger partial charge in [0.05, 0.1) is 5.38 Å². The van der Waals surface area contributed by atoms with Crippen LogP contribution in [0.25, 0.3) is 0 Å². The molecule has 0 aromatic rings. The second-order valence-corrected chi connectivity index (χ2v) is 4.13. The van der Waals surface area contributed by atoms with Gasteiger partial charge in [-0.05, 0) is 25.7 Å². The average molecular weight is 169 g/mol. The number of alkyl halides is 1. The Morgan fingerprint density at radius 2 is 2.18 bits per heavy atom. The highest BCUT2D eigenvalue weighted by Crippen LogP contribution is 2.42. The molecule has 2 atom stereocenters. The van der Waals surface area contributed by atoms with Gasteiger partial charge >= 0.3 is 0 Å². The van der Waals surface area contributed by atoms with E-state index in [1.807, 2.05) is 0 Å². The van der Waals surface area contributed by atoms with Crippen LogP contribution in [0.2, 0.25) is 0 Å². The van der Waals surface area contributed by atoms with Crippen molar-refractivity contribution in [2.75, 3.05) is 0 Å². The Kier molecular flexibility index (Phi) is 1.80. The van der Waals surface area contributed by atoms with Gasteiger partial charge in [-0.25, -0.2) is 0 Å². The zero-order valence-electron chi connectivity index (χ0n) is 6.76. The molecule has 1 heteroatoms. The molecule has 2 aliphatic carbocycles. The first-order valence-corrected chi connectivity index (χ1v) is 4.72. The number of hydrogen-bond donors (Lipinski definition) is 0. The van der Waals surface area contributed by atoms with E-state index in [-0.39, 0.29) is 5.38 Å². The van der Waals surface area contributed by atoms with Gasteiger partial charge in [0.1, 0.15) is 0 Å². The Hall–Kier alpha value is -0.230. The van der Waals surface area contributed by atoms with Gasteiger partial charge in [0.15, 0.2) is 0 Å². The first-order chi connectivity index (χ1) is 5.27. The van der Waals surface area contributed by atoms with Crippen LogP contribution in [-0.2, 0) is 0 Å². The summed E-state index contributed by atoms with van der Waals surface area (Å²) in [5.41, 5.74) is 1.37. The Bertz CT molecular complexity index is 211. The summed E-state index contributed by atoms with van der Waals surface area (Å²) in [5, 5.41) is 0.256. The van der Waals surface area contributed by atoms with Gasteiger partial charge in [-0.1, -0.05) is 23.8 Å². The molecule has 0 N–H and O–H groups in total. The smallest absolute Gasteiger partial charge is 0.0584 e. The van der Waals surface area contributed by atoms with Crippen molar-refractivity contribution in [3.8, 4) is 0 Å². The second kappa shape index (κ2) is 2.67. The minimum atomic E-state index is 0.256. The molecule has 1 saturated carbocycles. The van der Waals surface area contributed by atoms with Crippen molar-refractivity contribution in [3.05, 3.63) is 23.8 Å². The van der Waals surface area contributed by atoms with Crippen LogP contribution in [0.1, 0.15) is 19.8 Å². The lowest BCUT2D eigenvalue weighted by Gasteiger charge is -2.19. The molecule has 0 aromatic carbocycles. The van der Waals surface area contributed by atoms with Crippen molar-refractivity contribution in [1.29, 1.82) is 0 Å². The topological polar surface area (TPSA) is 0 Å². The number of allylic oxidation sites excluding steroid dienone is 4. The Labute approximate surface area is 72.9 Å². The van der Waals surface area contributed by atoms with Gasteiger partial charge in [0.25, 0.3) is 0 Å². The Morgan fingerprint density at radius 3 is 2.82 bits per heavy atom. The van der Waals surface area contributed by atoms with Gasteiger partial charge in [0, 0.05) is 5.92 Å². The molecule has 0 heterocycles. The quantitative estimate of drug-likeness (QED) is 0.528. The fourth-order valence-corrected chi connectivity index (χ4v) is 2.05. The van der Waals surface area contributed by atoms with E-state index >= 15 is 0 Å². The molecule has 11 heavy (non-hydrogen) atoms. The molecule has 2 aliphatic rings. The molecule has 0 amide bonds. The lowest BCUT2D eigenvalue weighted by molar-refractivity contribution is 0.575. The molecule has 0 radical (unpaired) electrons. The average Bonchev–Trinajstić information content (AvgIpc) is 2.76. The van der Waals surface area contributed by atoms with Gasteiger partial charge in [-0.3, -0.25) is 0 Å². The summed E-state index contributed by atoms with van der Waals surface area (Å²) < 4.78 is 0. The largest absolute Gasteiger partial charge is 0.118 e. The van der Waals surface area contributed by atoms with E-state index in [1.165, 1.54) is 18.4 Å². The molecule has 1 fully saturated rings. The van der Waals surface area contributed by atoms with Gasteiger partial charge < -0.3 is 0 Å². The first-order valence-electron chi connectivity index (χ1n) is 4.28. The summed E-state index contributed by atoms with van der Waals surface area (Å²) >= 11 is 6.15. The van der Waals surface area contributed by atoms with Crippen molar-refractivity contribution in [3.63, 3.8) is 0 Å². The van der Waals surface area contributed by atoms with E-state index in [9.17, 15) is 0 Å². The minimum absolute atomic E-state index is 0.256. The van der Waals surface area contributed by atoms with Crippen molar-refractivity contribution < 1.29 is 0 Å². The van der Waals surface area contributed by atoms with Crippen molar-refractivity contribution in [1.82, 2.24) is 0 Å². The summed E-state index contributed by atoms with van der Waals surface area (Å²) in [6.07, 6.45) is 9.34. The summed E-state index contributed by atoms with van der Waals surface area (Å²) in [7, 11) is 0. The predicted octanol–water partition coefficient (Wildman–Crippen LogP) is 3.14. The molecule has 0 bridgehead atoms. The van der Waals surface area contributed by atoms with E-state index in [4.69, 9.17) is 11.6 Å². The van der Waals surface area contributed by atoms with Gasteiger partial charge in [-0.15, -0.1) is 11.6 Å². The van der Waals surface area contributed by atoms with Crippen LogP contribution in [0.15, 0.2) is 23.8 Å². The monoisotopic (exact) mass is 168 g/mol. The van der Waals surface area contributed by atoms with Crippen molar-refractivity contribution >= 4 is 11.6 Å². The van der Waals surface area contributed by atoms with Gasteiger partial charge in [0.2, 0.25) is 0 Å². The fraction of sp³-hybridized carbons (Fsp3) is 0.600. The second-order valence-electron chi connectivity index (χ2n) is 3.63. The third-order valence-corrected chi connectivity index (χ3v) is 2.97. The lowest BCUT2D eigenvalue weighted by atomic mass is 9.92. The molecule has 0 saturated heterocycles. The number of halogens is 1.